The predicted octanol–water partition coefficient (Wildman–Crippen LogP) is 9.76. The normalized spacial score (nSPS) is 21.5. The Morgan fingerprint density at radius 3 is 2.26 bits per heavy atom. The van der Waals surface area contributed by atoms with Gasteiger partial charge >= 0.3 is 29.6 Å². The Labute approximate surface area is 382 Å². The number of nitrogens with one attached hydrogen (secondary N) is 4. The van der Waals surface area contributed by atoms with Gasteiger partial charge in [0.1, 0.15) is 0 Å². The molecule has 296 valence electrons. The average Bonchev–Trinajstić information content (AvgIpc) is 3.67. The Morgan fingerprint density at radius 1 is 0.770 bits per heavy atom. The topological polar surface area (TPSA) is 76.6 Å². The molecule has 10 rings (SSSR count). The summed E-state index contributed by atoms with van der Waals surface area (Å²) in [5.41, 5.74) is 19.5. The maximum absolute atomic E-state index is 7.98. The van der Waals surface area contributed by atoms with Gasteiger partial charge in [-0.25, -0.2) is 24.3 Å². The van der Waals surface area contributed by atoms with Gasteiger partial charge in [0.25, 0.3) is 0 Å². The number of hydrogen-bond acceptors (Lipinski definition) is 3. The molecule has 5 atom stereocenters. The van der Waals surface area contributed by atoms with Gasteiger partial charge in [-0.05, 0) is 59.2 Å². The van der Waals surface area contributed by atoms with Crippen LogP contribution in [0.2, 0.25) is 0 Å². The molecule has 0 spiro atoms. The minimum Gasteiger partial charge on any atom is -0.698 e. The van der Waals surface area contributed by atoms with Crippen LogP contribution in [0.5, 0.6) is 0 Å². The van der Waals surface area contributed by atoms with Crippen LogP contribution in [0.4, 0.5) is 0 Å². The predicted molar refractivity (Wildman–Crippen MR) is 249 cm³/mol. The van der Waals surface area contributed by atoms with Crippen LogP contribution in [0.15, 0.2) is 194 Å². The van der Waals surface area contributed by atoms with Crippen molar-refractivity contribution in [2.24, 2.45) is 17.8 Å². The van der Waals surface area contributed by atoms with Crippen molar-refractivity contribution in [2.45, 2.75) is 31.6 Å². The van der Waals surface area contributed by atoms with E-state index in [9.17, 15) is 0 Å². The molecule has 61 heavy (non-hydrogen) atoms. The minimum absolute atomic E-state index is 0. The Bertz CT molecular complexity index is 2670. The molecule has 4 N–H and O–H groups in total. The van der Waals surface area contributed by atoms with Crippen LogP contribution in [-0.2, 0) is 6.42 Å². The zero-order valence-electron chi connectivity index (χ0n) is 34.5. The summed E-state index contributed by atoms with van der Waals surface area (Å²) < 4.78 is 2.47. The van der Waals surface area contributed by atoms with Crippen molar-refractivity contribution < 1.29 is 29.6 Å². The summed E-state index contributed by atoms with van der Waals surface area (Å²) in [5.74, 6) is 0.967. The number of para-hydroxylation sites is 1. The molecule has 5 aromatic carbocycles. The van der Waals surface area contributed by atoms with Crippen LogP contribution < -0.4 is 40.2 Å². The van der Waals surface area contributed by atoms with Crippen molar-refractivity contribution in [1.29, 1.82) is 5.41 Å². The molecular weight excluding hydrogens is 754 g/mol. The van der Waals surface area contributed by atoms with E-state index in [1.165, 1.54) is 33.3 Å². The molecule has 1 aliphatic heterocycles. The van der Waals surface area contributed by atoms with Crippen molar-refractivity contribution in [2.75, 3.05) is 0 Å². The number of benzene rings is 5. The van der Waals surface area contributed by atoms with Gasteiger partial charge in [0.15, 0.2) is 6.29 Å². The van der Waals surface area contributed by atoms with Gasteiger partial charge in [-0.2, -0.15) is 18.2 Å². The Hall–Kier alpha value is -5.95. The number of nitrogens with zero attached hydrogens (tertiary/aromatic N) is 1. The second kappa shape index (κ2) is 19.6. The summed E-state index contributed by atoms with van der Waals surface area (Å²) in [5, 5.41) is 17.1. The van der Waals surface area contributed by atoms with Crippen LogP contribution >= 0.6 is 0 Å². The number of allylic oxidation sites excluding steroid dienone is 10. The number of rotatable bonds is 8. The van der Waals surface area contributed by atoms with E-state index in [0.717, 1.165) is 41.7 Å². The molecule has 0 bridgehead atoms. The van der Waals surface area contributed by atoms with Crippen LogP contribution in [-0.4, -0.2) is 10.3 Å². The zero-order valence-corrected chi connectivity index (χ0v) is 36.5. The van der Waals surface area contributed by atoms with E-state index >= 15 is 0 Å². The van der Waals surface area contributed by atoms with Gasteiger partial charge in [-0.1, -0.05) is 158 Å². The number of fused-ring (bicyclic) bond motifs is 3. The quantitative estimate of drug-likeness (QED) is 0.0815. The summed E-state index contributed by atoms with van der Waals surface area (Å²) in [7, 11) is 0. The minimum atomic E-state index is -0.118. The van der Waals surface area contributed by atoms with E-state index in [1.807, 2.05) is 60.7 Å². The molecule has 0 fully saturated rings. The van der Waals surface area contributed by atoms with Crippen LogP contribution in [0.25, 0.3) is 39.7 Å². The van der Waals surface area contributed by atoms with Gasteiger partial charge in [0.05, 0.1) is 11.6 Å². The zero-order chi connectivity index (χ0) is 40.7. The molecule has 6 heteroatoms. The third-order valence-electron chi connectivity index (χ3n) is 11.8. The number of hydrogen-bond donors (Lipinski definition) is 3. The van der Waals surface area contributed by atoms with Gasteiger partial charge in [0, 0.05) is 28.4 Å². The van der Waals surface area contributed by atoms with Crippen LogP contribution in [0.3, 0.4) is 0 Å². The van der Waals surface area contributed by atoms with Crippen molar-refractivity contribution in [3.05, 3.63) is 246 Å². The molecule has 0 amide bonds. The van der Waals surface area contributed by atoms with Crippen molar-refractivity contribution in [3.63, 3.8) is 0 Å². The fourth-order valence-corrected chi connectivity index (χ4v) is 8.69. The maximum atomic E-state index is 7.98. The Morgan fingerprint density at radius 2 is 1.51 bits per heavy atom. The third-order valence-corrected chi connectivity index (χ3v) is 11.8. The van der Waals surface area contributed by atoms with E-state index in [1.54, 1.807) is 6.08 Å². The molecule has 0 saturated carbocycles. The molecule has 0 saturated heterocycles. The van der Waals surface area contributed by atoms with Crippen molar-refractivity contribution >= 4 is 39.7 Å². The first-order valence-corrected chi connectivity index (χ1v) is 20.9. The van der Waals surface area contributed by atoms with Gasteiger partial charge in [0.2, 0.25) is 0 Å². The van der Waals surface area contributed by atoms with Crippen LogP contribution in [0, 0.1) is 35.3 Å². The monoisotopic (exact) mass is 801 g/mol. The average molecular weight is 802 g/mol. The number of aromatic nitrogens is 1. The Balaban J connectivity index is 0.000000241. The van der Waals surface area contributed by atoms with Crippen LogP contribution in [0.1, 0.15) is 58.7 Å². The second-order valence-electron chi connectivity index (χ2n) is 15.7. The standard InChI is InChI=1S/C40H33N3.C15H15N2.Na/c1-4-13-28(14-5-1)31-19-12-20-32(25-31)33-23-24-39-35(26-33)34-21-10-11-22-38(34)43(39)40-41-36(29-15-6-2-7-16-29)27-37(42-40)30-17-8-3-9-18-30;16-14(12-7-3-1-4-8-12)11-15(17)13-9-5-2-6-10-13;/h1-13,15-18,21-25,27,32-33,36,40-42H,20,26H2;1-9,11,13,16-17H,10H2;/q-2;-1;+1/b;14-11-,17-15?;. The van der Waals surface area contributed by atoms with Gasteiger partial charge in [-0.3, -0.25) is 16.5 Å². The molecule has 6 aromatic rings. The fraction of sp³-hybridized carbons (Fsp3) is 0.145. The summed E-state index contributed by atoms with van der Waals surface area (Å²) in [6.07, 6.45) is 27.7. The smallest absolute Gasteiger partial charge is 0.698 e. The van der Waals surface area contributed by atoms with Gasteiger partial charge in [-0.15, -0.1) is 11.8 Å². The van der Waals surface area contributed by atoms with Crippen molar-refractivity contribution in [3.8, 4) is 0 Å². The molecule has 1 aromatic heterocycles. The van der Waals surface area contributed by atoms with E-state index in [4.69, 9.17) is 11.1 Å². The first kappa shape index (κ1) is 41.8. The molecular formula is C55H48N5Na-2. The summed E-state index contributed by atoms with van der Waals surface area (Å²) >= 11 is 0. The van der Waals surface area contributed by atoms with Gasteiger partial charge < -0.3 is 21.0 Å². The summed E-state index contributed by atoms with van der Waals surface area (Å²) in [4.78, 5) is 0. The van der Waals surface area contributed by atoms with E-state index in [-0.39, 0.29) is 47.8 Å². The molecule has 2 heterocycles. The SMILES string of the molecule is N=C(/C=C(\[NH-])c1ccccc1)C1C=CC=CC1.[C-]1=CCC(C2C=Cc3c(c4ccccc4n3C3NC(c4ccccc4)=CC(c4ccccc4)N3)C2)C=C1c1[c-]cccc1.[Na+]. The molecule has 5 nitrogen and oxygen atoms in total. The van der Waals surface area contributed by atoms with E-state index < -0.39 is 0 Å². The van der Waals surface area contributed by atoms with E-state index in [2.05, 4.69) is 161 Å². The first-order chi connectivity index (χ1) is 29.6. The summed E-state index contributed by atoms with van der Waals surface area (Å²) in [6, 6.07) is 51.5. The summed E-state index contributed by atoms with van der Waals surface area (Å²) in [6.45, 7) is 0. The van der Waals surface area contributed by atoms with E-state index in [0.29, 0.717) is 23.2 Å². The molecule has 5 unspecified atom stereocenters. The first-order valence-electron chi connectivity index (χ1n) is 20.9. The largest absolute Gasteiger partial charge is 1.00 e. The third kappa shape index (κ3) is 9.52. The molecule has 3 aliphatic carbocycles. The molecule has 4 aliphatic rings. The maximum Gasteiger partial charge on any atom is 1.00 e. The Kier molecular flexibility index (Phi) is 13.4. The second-order valence-corrected chi connectivity index (χ2v) is 15.7. The van der Waals surface area contributed by atoms with Crippen molar-refractivity contribution in [1.82, 2.24) is 15.2 Å². The molecule has 0 radical (unpaired) electrons. The fourth-order valence-electron chi connectivity index (χ4n) is 8.69.